The molecule has 26 heavy (non-hydrogen) atoms. The molecular formula is C14H9ClN4O7. The number of fused-ring (bicyclic) bond motifs is 1. The van der Waals surface area contributed by atoms with E-state index in [0.29, 0.717) is 0 Å². The predicted octanol–water partition coefficient (Wildman–Crippen LogP) is 1.22. The molecule has 0 aliphatic carbocycles. The minimum atomic E-state index is -0.881. The second-order valence-electron chi connectivity index (χ2n) is 4.93. The highest BCUT2D eigenvalue weighted by atomic mass is 35.5. The van der Waals surface area contributed by atoms with Crippen LogP contribution in [0.5, 0.6) is 17.2 Å². The lowest BCUT2D eigenvalue weighted by Crippen LogP contribution is -2.41. The Balaban J connectivity index is 1.73. The Morgan fingerprint density at radius 1 is 1.08 bits per heavy atom. The fourth-order valence-electron chi connectivity index (χ4n) is 2.05. The van der Waals surface area contributed by atoms with Gasteiger partial charge in [0.25, 0.3) is 17.5 Å². The Morgan fingerprint density at radius 2 is 1.69 bits per heavy atom. The monoisotopic (exact) mass is 380 g/mol. The maximum Gasteiger partial charge on any atom is 0.273 e. The SMILES string of the molecule is O=C(NNC(=O)c1cc([N+](=O)[O-])ccc1Cl)c1cc2c(cc1O)ONO2. The Labute approximate surface area is 149 Å². The van der Waals surface area contributed by atoms with Gasteiger partial charge in [-0.3, -0.25) is 30.6 Å². The summed E-state index contributed by atoms with van der Waals surface area (Å²) >= 11 is 5.84. The summed E-state index contributed by atoms with van der Waals surface area (Å²) in [6.07, 6.45) is 0. The van der Waals surface area contributed by atoms with Gasteiger partial charge >= 0.3 is 0 Å². The van der Waals surface area contributed by atoms with E-state index in [9.17, 15) is 24.8 Å². The molecule has 2 aromatic carbocycles. The van der Waals surface area contributed by atoms with E-state index >= 15 is 0 Å². The zero-order valence-electron chi connectivity index (χ0n) is 12.6. The third kappa shape index (κ3) is 3.29. The van der Waals surface area contributed by atoms with Crippen molar-refractivity contribution < 1.29 is 29.3 Å². The summed E-state index contributed by atoms with van der Waals surface area (Å²) in [6, 6.07) is 5.62. The first-order valence-corrected chi connectivity index (χ1v) is 7.25. The summed E-state index contributed by atoms with van der Waals surface area (Å²) in [5.41, 5.74) is 5.45. The van der Waals surface area contributed by atoms with Crippen molar-refractivity contribution in [3.8, 4) is 17.2 Å². The van der Waals surface area contributed by atoms with Gasteiger partial charge in [0.05, 0.1) is 21.1 Å². The lowest BCUT2D eigenvalue weighted by molar-refractivity contribution is -0.384. The predicted molar refractivity (Wildman–Crippen MR) is 85.5 cm³/mol. The second kappa shape index (κ2) is 6.74. The first-order chi connectivity index (χ1) is 12.4. The average molecular weight is 381 g/mol. The molecular weight excluding hydrogens is 372 g/mol. The van der Waals surface area contributed by atoms with Crippen LogP contribution in [0.1, 0.15) is 20.7 Å². The quantitative estimate of drug-likeness (QED) is 0.458. The van der Waals surface area contributed by atoms with E-state index < -0.39 is 22.5 Å². The van der Waals surface area contributed by atoms with E-state index in [0.717, 1.165) is 18.2 Å². The minimum absolute atomic E-state index is 0.0423. The van der Waals surface area contributed by atoms with Crippen LogP contribution < -0.4 is 26.2 Å². The summed E-state index contributed by atoms with van der Waals surface area (Å²) in [5, 5.41) is 20.6. The maximum absolute atomic E-state index is 12.1. The molecule has 2 aromatic rings. The number of nitrogens with zero attached hydrogens (tertiary/aromatic N) is 1. The number of carbonyl (C=O) groups is 2. The molecule has 0 saturated carbocycles. The molecule has 0 radical (unpaired) electrons. The minimum Gasteiger partial charge on any atom is -0.507 e. The van der Waals surface area contributed by atoms with E-state index in [2.05, 4.69) is 16.5 Å². The van der Waals surface area contributed by atoms with Crippen molar-refractivity contribution >= 4 is 29.1 Å². The Hall–Kier alpha value is -3.57. The molecule has 134 valence electrons. The van der Waals surface area contributed by atoms with E-state index in [1.54, 1.807) is 0 Å². The van der Waals surface area contributed by atoms with Crippen molar-refractivity contribution in [2.45, 2.75) is 0 Å². The number of halogens is 1. The van der Waals surface area contributed by atoms with Crippen molar-refractivity contribution in [1.29, 1.82) is 0 Å². The van der Waals surface area contributed by atoms with Crippen molar-refractivity contribution in [2.24, 2.45) is 0 Å². The number of phenols is 1. The van der Waals surface area contributed by atoms with Crippen LogP contribution in [0.3, 0.4) is 0 Å². The topological polar surface area (TPSA) is 152 Å². The summed E-state index contributed by atoms with van der Waals surface area (Å²) < 4.78 is 0. The molecule has 12 heteroatoms. The van der Waals surface area contributed by atoms with Gasteiger partial charge in [0.2, 0.25) is 0 Å². The fourth-order valence-corrected chi connectivity index (χ4v) is 2.25. The van der Waals surface area contributed by atoms with Gasteiger partial charge in [0.15, 0.2) is 11.5 Å². The van der Waals surface area contributed by atoms with Crippen LogP contribution in [0.4, 0.5) is 5.69 Å². The molecule has 1 heterocycles. The summed E-state index contributed by atoms with van der Waals surface area (Å²) in [4.78, 5) is 44.0. The van der Waals surface area contributed by atoms with Gasteiger partial charge in [-0.05, 0) is 6.07 Å². The third-order valence-corrected chi connectivity index (χ3v) is 3.63. The molecule has 0 fully saturated rings. The van der Waals surface area contributed by atoms with Crippen LogP contribution in [-0.2, 0) is 0 Å². The highest BCUT2D eigenvalue weighted by Gasteiger charge is 2.22. The Bertz CT molecular complexity index is 934. The molecule has 0 unspecified atom stereocenters. The van der Waals surface area contributed by atoms with Crippen molar-refractivity contribution in [3.05, 3.63) is 56.6 Å². The van der Waals surface area contributed by atoms with Gasteiger partial charge in [0.1, 0.15) is 5.75 Å². The van der Waals surface area contributed by atoms with Gasteiger partial charge in [-0.1, -0.05) is 11.6 Å². The number of rotatable bonds is 3. The highest BCUT2D eigenvalue weighted by Crippen LogP contribution is 2.36. The summed E-state index contributed by atoms with van der Waals surface area (Å²) in [5.74, 6) is -1.84. The molecule has 0 aromatic heterocycles. The first-order valence-electron chi connectivity index (χ1n) is 6.87. The molecule has 3 rings (SSSR count). The molecule has 11 nitrogen and oxygen atoms in total. The zero-order chi connectivity index (χ0) is 18.8. The number of phenolic OH excluding ortho intramolecular Hbond substituents is 1. The van der Waals surface area contributed by atoms with Gasteiger partial charge in [-0.2, -0.15) is 0 Å². The molecule has 1 aliphatic heterocycles. The third-order valence-electron chi connectivity index (χ3n) is 3.30. The van der Waals surface area contributed by atoms with Crippen LogP contribution in [-0.4, -0.2) is 21.8 Å². The van der Waals surface area contributed by atoms with Crippen LogP contribution in [0, 0.1) is 10.1 Å². The van der Waals surface area contributed by atoms with E-state index in [4.69, 9.17) is 21.3 Å². The summed E-state index contributed by atoms with van der Waals surface area (Å²) in [7, 11) is 0. The molecule has 0 atom stereocenters. The normalized spacial score (nSPS) is 11.7. The number of amides is 2. The number of nitrogens with one attached hydrogen (secondary N) is 3. The molecule has 2 amide bonds. The lowest BCUT2D eigenvalue weighted by atomic mass is 10.1. The van der Waals surface area contributed by atoms with Crippen LogP contribution in [0.15, 0.2) is 30.3 Å². The van der Waals surface area contributed by atoms with Gasteiger partial charge in [0, 0.05) is 29.9 Å². The van der Waals surface area contributed by atoms with Gasteiger partial charge < -0.3 is 14.8 Å². The number of nitro benzene ring substituents is 1. The van der Waals surface area contributed by atoms with Crippen molar-refractivity contribution in [1.82, 2.24) is 16.5 Å². The molecule has 1 aliphatic rings. The van der Waals surface area contributed by atoms with Crippen LogP contribution in [0.25, 0.3) is 0 Å². The Kier molecular flexibility index (Phi) is 4.47. The van der Waals surface area contributed by atoms with Crippen molar-refractivity contribution in [3.63, 3.8) is 0 Å². The highest BCUT2D eigenvalue weighted by molar-refractivity contribution is 6.34. The number of hydrogen-bond donors (Lipinski definition) is 4. The molecule has 0 bridgehead atoms. The Morgan fingerprint density at radius 3 is 2.35 bits per heavy atom. The number of hydrazine groups is 1. The smallest absolute Gasteiger partial charge is 0.273 e. The van der Waals surface area contributed by atoms with E-state index in [1.165, 1.54) is 12.1 Å². The van der Waals surface area contributed by atoms with Crippen LogP contribution >= 0.6 is 11.6 Å². The average Bonchev–Trinajstić information content (AvgIpc) is 3.05. The largest absolute Gasteiger partial charge is 0.507 e. The first kappa shape index (κ1) is 17.3. The van der Waals surface area contributed by atoms with E-state index in [1.807, 2.05) is 0 Å². The van der Waals surface area contributed by atoms with Crippen LogP contribution in [0.2, 0.25) is 5.02 Å². The van der Waals surface area contributed by atoms with Gasteiger partial charge in [-0.15, -0.1) is 0 Å². The zero-order valence-corrected chi connectivity index (χ0v) is 13.4. The van der Waals surface area contributed by atoms with E-state index in [-0.39, 0.29) is 33.3 Å². The number of aromatic hydroxyl groups is 1. The molecule has 0 spiro atoms. The second-order valence-corrected chi connectivity index (χ2v) is 5.34. The lowest BCUT2D eigenvalue weighted by Gasteiger charge is -2.09. The summed E-state index contributed by atoms with van der Waals surface area (Å²) in [6.45, 7) is 0. The van der Waals surface area contributed by atoms with Gasteiger partial charge in [-0.25, -0.2) is 0 Å². The fraction of sp³-hybridized carbons (Fsp3) is 0. The number of hydrogen-bond acceptors (Lipinski definition) is 8. The molecule has 4 N–H and O–H groups in total. The number of benzene rings is 2. The molecule has 0 saturated heterocycles. The number of non-ortho nitro benzene ring substituents is 1. The van der Waals surface area contributed by atoms with Crippen molar-refractivity contribution in [2.75, 3.05) is 0 Å². The number of carbonyl (C=O) groups excluding carboxylic acids is 2. The standard InChI is InChI=1S/C14H9ClN4O7/c15-9-2-1-6(19(23)24)3-7(9)13(21)16-17-14(22)8-4-11-12(5-10(8)20)26-18-25-11/h1-5,18,20H,(H,16,21)(H,17,22). The maximum atomic E-state index is 12.1. The number of nitro groups is 1.